The summed E-state index contributed by atoms with van der Waals surface area (Å²) >= 11 is 18.6. The maximum absolute atomic E-state index is 13.4. The molecule has 3 N–H and O–H groups in total. The highest BCUT2D eigenvalue weighted by atomic mass is 35.5. The van der Waals surface area contributed by atoms with Crippen LogP contribution >= 0.6 is 34.8 Å². The second-order valence-corrected chi connectivity index (χ2v) is 8.77. The highest BCUT2D eigenvalue weighted by Crippen LogP contribution is 2.37. The third-order valence-corrected chi connectivity index (χ3v) is 5.89. The molecule has 0 aliphatic rings. The molecule has 1 unspecified atom stereocenters. The highest BCUT2D eigenvalue weighted by Gasteiger charge is 2.25. The van der Waals surface area contributed by atoms with Crippen molar-refractivity contribution in [1.29, 1.82) is 0 Å². The molecule has 2 aromatic carbocycles. The van der Waals surface area contributed by atoms with Gasteiger partial charge in [-0.05, 0) is 45.0 Å². The molecule has 1 atom stereocenters. The maximum Gasteiger partial charge on any atom is 0.332 e. The van der Waals surface area contributed by atoms with Gasteiger partial charge in [0.15, 0.2) is 0 Å². The van der Waals surface area contributed by atoms with Crippen LogP contribution in [0.25, 0.3) is 0 Å². The van der Waals surface area contributed by atoms with Crippen LogP contribution in [0, 0.1) is 0 Å². The molecule has 1 heterocycles. The lowest BCUT2D eigenvalue weighted by atomic mass is 10.0. The van der Waals surface area contributed by atoms with Gasteiger partial charge >= 0.3 is 6.03 Å². The molecule has 0 aliphatic heterocycles. The van der Waals surface area contributed by atoms with Gasteiger partial charge in [-0.3, -0.25) is 0 Å². The summed E-state index contributed by atoms with van der Waals surface area (Å²) in [6.07, 6.45) is 1.52. The smallest absolute Gasteiger partial charge is 0.332 e. The standard InChI is InChI=1S/C22H22Cl3N5O2/c1-13(22(2,3)32)27-20-26-12-11-17(28-20)30(14-7-5-4-6-8-14)21(31)29-19-16(24)10-9-15(23)18(19)25/h4-13,32H,1-3H3,(H,29,31)(H,26,27,28). The Bertz CT molecular complexity index is 1110. The number of carbonyl (C=O) groups excluding carboxylic acids is 1. The van der Waals surface area contributed by atoms with Crippen LogP contribution in [0.15, 0.2) is 54.7 Å². The zero-order valence-electron chi connectivity index (χ0n) is 17.6. The summed E-state index contributed by atoms with van der Waals surface area (Å²) in [5.74, 6) is 0.549. The van der Waals surface area contributed by atoms with Gasteiger partial charge in [0, 0.05) is 12.3 Å². The van der Waals surface area contributed by atoms with Gasteiger partial charge in [0.05, 0.1) is 38.1 Å². The fourth-order valence-electron chi connectivity index (χ4n) is 2.65. The van der Waals surface area contributed by atoms with Gasteiger partial charge in [0.1, 0.15) is 5.82 Å². The number of anilines is 4. The number of para-hydroxylation sites is 1. The summed E-state index contributed by atoms with van der Waals surface area (Å²) in [6, 6.07) is 12.7. The Kier molecular flexibility index (Phi) is 7.46. The number of aromatic nitrogens is 2. The Morgan fingerprint density at radius 3 is 2.38 bits per heavy atom. The molecule has 0 saturated carbocycles. The van der Waals surface area contributed by atoms with Crippen LogP contribution < -0.4 is 15.5 Å². The molecule has 0 fully saturated rings. The highest BCUT2D eigenvalue weighted by molar-refractivity contribution is 6.46. The number of amides is 2. The molecule has 10 heteroatoms. The predicted molar refractivity (Wildman–Crippen MR) is 130 cm³/mol. The zero-order chi connectivity index (χ0) is 23.5. The lowest BCUT2D eigenvalue weighted by Crippen LogP contribution is -2.40. The van der Waals surface area contributed by atoms with Gasteiger partial charge < -0.3 is 15.7 Å². The molecule has 0 bridgehead atoms. The predicted octanol–water partition coefficient (Wildman–Crippen LogP) is 6.38. The first-order chi connectivity index (χ1) is 15.1. The van der Waals surface area contributed by atoms with Crippen molar-refractivity contribution in [2.24, 2.45) is 0 Å². The third-order valence-electron chi connectivity index (χ3n) is 4.77. The molecule has 168 valence electrons. The van der Waals surface area contributed by atoms with Crippen LogP contribution in [-0.2, 0) is 0 Å². The second kappa shape index (κ2) is 9.92. The van der Waals surface area contributed by atoms with E-state index in [2.05, 4.69) is 20.6 Å². The number of aliphatic hydroxyl groups is 1. The van der Waals surface area contributed by atoms with Crippen LogP contribution in [-0.4, -0.2) is 32.7 Å². The van der Waals surface area contributed by atoms with Gasteiger partial charge in [0.2, 0.25) is 5.95 Å². The van der Waals surface area contributed by atoms with Crippen molar-refractivity contribution < 1.29 is 9.90 Å². The van der Waals surface area contributed by atoms with E-state index in [9.17, 15) is 9.90 Å². The Morgan fingerprint density at radius 2 is 1.72 bits per heavy atom. The zero-order valence-corrected chi connectivity index (χ0v) is 19.9. The van der Waals surface area contributed by atoms with Crippen molar-refractivity contribution in [3.05, 3.63) is 69.8 Å². The largest absolute Gasteiger partial charge is 0.388 e. The van der Waals surface area contributed by atoms with Crippen LogP contribution in [0.4, 0.5) is 27.9 Å². The van der Waals surface area contributed by atoms with Gasteiger partial charge in [-0.1, -0.05) is 53.0 Å². The Morgan fingerprint density at radius 1 is 1.06 bits per heavy atom. The summed E-state index contributed by atoms with van der Waals surface area (Å²) < 4.78 is 0. The Balaban J connectivity index is 1.99. The average Bonchev–Trinajstić information content (AvgIpc) is 2.74. The minimum absolute atomic E-state index is 0.129. The normalized spacial score (nSPS) is 12.2. The van der Waals surface area contributed by atoms with E-state index >= 15 is 0 Å². The molecule has 0 saturated heterocycles. The number of hydrogen-bond acceptors (Lipinski definition) is 5. The minimum atomic E-state index is -1.00. The fraction of sp³-hybridized carbons (Fsp3) is 0.227. The number of urea groups is 1. The summed E-state index contributed by atoms with van der Waals surface area (Å²) in [5, 5.41) is 16.6. The van der Waals surface area contributed by atoms with Gasteiger partial charge in [0.25, 0.3) is 0 Å². The van der Waals surface area contributed by atoms with Crippen molar-refractivity contribution in [2.45, 2.75) is 32.4 Å². The molecule has 1 aromatic heterocycles. The lowest BCUT2D eigenvalue weighted by Gasteiger charge is -2.27. The average molecular weight is 495 g/mol. The van der Waals surface area contributed by atoms with Crippen molar-refractivity contribution in [1.82, 2.24) is 9.97 Å². The van der Waals surface area contributed by atoms with E-state index in [0.29, 0.717) is 11.5 Å². The van der Waals surface area contributed by atoms with Crippen molar-refractivity contribution in [3.8, 4) is 0 Å². The van der Waals surface area contributed by atoms with Crippen LogP contribution in [0.2, 0.25) is 15.1 Å². The lowest BCUT2D eigenvalue weighted by molar-refractivity contribution is 0.0646. The van der Waals surface area contributed by atoms with Crippen molar-refractivity contribution in [2.75, 3.05) is 15.5 Å². The van der Waals surface area contributed by atoms with E-state index < -0.39 is 11.6 Å². The van der Waals surface area contributed by atoms with E-state index in [4.69, 9.17) is 34.8 Å². The summed E-state index contributed by atoms with van der Waals surface area (Å²) in [4.78, 5) is 23.4. The number of nitrogens with zero attached hydrogens (tertiary/aromatic N) is 3. The number of benzene rings is 2. The van der Waals surface area contributed by atoms with Gasteiger partial charge in [-0.2, -0.15) is 4.98 Å². The van der Waals surface area contributed by atoms with Crippen molar-refractivity contribution >= 4 is 64.0 Å². The van der Waals surface area contributed by atoms with Crippen LogP contribution in [0.1, 0.15) is 20.8 Å². The van der Waals surface area contributed by atoms with E-state index in [0.717, 1.165) is 0 Å². The van der Waals surface area contributed by atoms with Crippen molar-refractivity contribution in [3.63, 3.8) is 0 Å². The van der Waals surface area contributed by atoms with Gasteiger partial charge in [-0.25, -0.2) is 14.7 Å². The fourth-order valence-corrected chi connectivity index (χ4v) is 3.27. The molecule has 2 amide bonds. The summed E-state index contributed by atoms with van der Waals surface area (Å²) in [7, 11) is 0. The number of nitrogens with one attached hydrogen (secondary N) is 2. The molecule has 7 nitrogen and oxygen atoms in total. The molecular formula is C22H22Cl3N5O2. The topological polar surface area (TPSA) is 90.4 Å². The first-order valence-corrected chi connectivity index (χ1v) is 10.8. The third kappa shape index (κ3) is 5.61. The van der Waals surface area contributed by atoms with E-state index in [1.54, 1.807) is 63.2 Å². The van der Waals surface area contributed by atoms with Crippen LogP contribution in [0.5, 0.6) is 0 Å². The Labute approximate surface area is 201 Å². The molecule has 0 spiro atoms. The number of rotatable bonds is 6. The van der Waals surface area contributed by atoms with Gasteiger partial charge in [-0.15, -0.1) is 0 Å². The molecule has 3 rings (SSSR count). The number of halogens is 3. The SMILES string of the molecule is CC(Nc1nccc(N(C(=O)Nc2c(Cl)ccc(Cl)c2Cl)c2ccccc2)n1)C(C)(C)O. The second-order valence-electron chi connectivity index (χ2n) is 7.58. The van der Waals surface area contributed by atoms with E-state index in [1.165, 1.54) is 11.1 Å². The Hall–Kier alpha value is -2.58. The molecule has 0 aliphatic carbocycles. The molecular weight excluding hydrogens is 473 g/mol. The monoisotopic (exact) mass is 493 g/mol. The number of carbonyl (C=O) groups is 1. The molecule has 3 aromatic rings. The van der Waals surface area contributed by atoms with E-state index in [1.807, 2.05) is 6.07 Å². The molecule has 32 heavy (non-hydrogen) atoms. The maximum atomic E-state index is 13.4. The summed E-state index contributed by atoms with van der Waals surface area (Å²) in [5.41, 5.74) is -0.259. The molecule has 0 radical (unpaired) electrons. The summed E-state index contributed by atoms with van der Waals surface area (Å²) in [6.45, 7) is 5.16. The first kappa shape index (κ1) is 24.1. The quantitative estimate of drug-likeness (QED) is 0.346. The van der Waals surface area contributed by atoms with Crippen LogP contribution in [0.3, 0.4) is 0 Å². The minimum Gasteiger partial charge on any atom is -0.388 e. The number of hydrogen-bond donors (Lipinski definition) is 3. The first-order valence-electron chi connectivity index (χ1n) is 9.69. The van der Waals surface area contributed by atoms with E-state index in [-0.39, 0.29) is 32.7 Å².